The summed E-state index contributed by atoms with van der Waals surface area (Å²) in [7, 11) is 0. The lowest BCUT2D eigenvalue weighted by Crippen LogP contribution is -2.04. The molecule has 0 aliphatic carbocycles. The van der Waals surface area contributed by atoms with Gasteiger partial charge in [-0.2, -0.15) is 0 Å². The summed E-state index contributed by atoms with van der Waals surface area (Å²) in [5.41, 5.74) is 15.3. The van der Waals surface area contributed by atoms with Crippen LogP contribution in [0, 0.1) is 0 Å². The van der Waals surface area contributed by atoms with Crippen LogP contribution < -0.4 is 0 Å². The van der Waals surface area contributed by atoms with Crippen molar-refractivity contribution in [3.63, 3.8) is 0 Å². The van der Waals surface area contributed by atoms with Gasteiger partial charge in [0.2, 0.25) is 0 Å². The lowest BCUT2D eigenvalue weighted by atomic mass is 9.83. The van der Waals surface area contributed by atoms with Gasteiger partial charge in [0.1, 0.15) is 11.2 Å². The van der Waals surface area contributed by atoms with Crippen LogP contribution in [0.5, 0.6) is 0 Å². The Labute approximate surface area is 315 Å². The van der Waals surface area contributed by atoms with Gasteiger partial charge in [-0.25, -0.2) is 0 Å². The molecule has 10 aromatic rings. The minimum absolute atomic E-state index is 0.0368. The van der Waals surface area contributed by atoms with E-state index in [1.807, 2.05) is 12.1 Å². The largest absolute Gasteiger partial charge is 0.456 e. The summed E-state index contributed by atoms with van der Waals surface area (Å²) in [5.74, 6) is 0.0368. The van der Waals surface area contributed by atoms with Crippen molar-refractivity contribution in [1.82, 2.24) is 0 Å². The second kappa shape index (κ2) is 13.5. The van der Waals surface area contributed by atoms with Crippen molar-refractivity contribution in [2.24, 2.45) is 0 Å². The van der Waals surface area contributed by atoms with E-state index in [1.54, 1.807) is 0 Å². The van der Waals surface area contributed by atoms with Crippen LogP contribution in [-0.4, -0.2) is 0 Å². The summed E-state index contributed by atoms with van der Waals surface area (Å²) in [4.78, 5) is 0. The van der Waals surface area contributed by atoms with Gasteiger partial charge in [-0.15, -0.1) is 0 Å². The summed E-state index contributed by atoms with van der Waals surface area (Å²) in [6.45, 7) is 0. The number of rotatable bonds is 7. The second-order valence-electron chi connectivity index (χ2n) is 14.1. The molecule has 0 saturated carbocycles. The van der Waals surface area contributed by atoms with Crippen LogP contribution in [0.3, 0.4) is 0 Å². The van der Waals surface area contributed by atoms with Crippen molar-refractivity contribution in [3.05, 3.63) is 229 Å². The van der Waals surface area contributed by atoms with E-state index >= 15 is 0 Å². The minimum atomic E-state index is 0.0368. The summed E-state index contributed by atoms with van der Waals surface area (Å²) in [5, 5.41) is 4.81. The third-order valence-electron chi connectivity index (χ3n) is 10.8. The van der Waals surface area contributed by atoms with Gasteiger partial charge in [0.25, 0.3) is 0 Å². The van der Waals surface area contributed by atoms with Crippen LogP contribution >= 0.6 is 0 Å². The monoisotopic (exact) mass is 688 g/mol. The number of benzene rings is 9. The first-order chi connectivity index (χ1) is 26.7. The third-order valence-corrected chi connectivity index (χ3v) is 10.8. The minimum Gasteiger partial charge on any atom is -0.456 e. The second-order valence-corrected chi connectivity index (χ2v) is 14.1. The van der Waals surface area contributed by atoms with E-state index in [1.165, 1.54) is 72.0 Å². The fourth-order valence-electron chi connectivity index (χ4n) is 8.09. The van der Waals surface area contributed by atoms with Gasteiger partial charge < -0.3 is 4.42 Å². The molecular weight excluding hydrogens is 653 g/mol. The molecule has 0 bridgehead atoms. The molecule has 0 N–H and O–H groups in total. The fraction of sp³-hybridized carbons (Fsp3) is 0.0189. The van der Waals surface area contributed by atoms with Gasteiger partial charge in [0.05, 0.1) is 0 Å². The maximum atomic E-state index is 6.16. The van der Waals surface area contributed by atoms with Crippen LogP contribution in [0.4, 0.5) is 0 Å². The lowest BCUT2D eigenvalue weighted by molar-refractivity contribution is 0.669. The predicted molar refractivity (Wildman–Crippen MR) is 227 cm³/mol. The van der Waals surface area contributed by atoms with Crippen LogP contribution in [0.15, 0.2) is 217 Å². The average Bonchev–Trinajstić information content (AvgIpc) is 3.63. The van der Waals surface area contributed by atoms with Crippen molar-refractivity contribution in [2.75, 3.05) is 0 Å². The highest BCUT2D eigenvalue weighted by molar-refractivity contribution is 6.06. The Bertz CT molecular complexity index is 2910. The quantitative estimate of drug-likeness (QED) is 0.152. The molecule has 0 saturated heterocycles. The van der Waals surface area contributed by atoms with Crippen molar-refractivity contribution < 1.29 is 4.42 Å². The molecule has 10 rings (SSSR count). The maximum Gasteiger partial charge on any atom is 0.135 e. The summed E-state index contributed by atoms with van der Waals surface area (Å²) >= 11 is 0. The molecule has 0 fully saturated rings. The molecule has 1 unspecified atom stereocenters. The van der Waals surface area contributed by atoms with E-state index in [-0.39, 0.29) is 5.92 Å². The van der Waals surface area contributed by atoms with Gasteiger partial charge in [-0.1, -0.05) is 188 Å². The molecule has 0 aliphatic rings. The molecule has 0 radical (unpaired) electrons. The number of hydrogen-bond acceptors (Lipinski definition) is 1. The highest BCUT2D eigenvalue weighted by Crippen LogP contribution is 2.39. The van der Waals surface area contributed by atoms with Gasteiger partial charge in [-0.3, -0.25) is 0 Å². The van der Waals surface area contributed by atoms with Crippen LogP contribution in [0.1, 0.15) is 22.6 Å². The highest BCUT2D eigenvalue weighted by atomic mass is 16.3. The Balaban J connectivity index is 1.06. The lowest BCUT2D eigenvalue weighted by Gasteiger charge is -2.21. The number of furan rings is 1. The number of fused-ring (bicyclic) bond motifs is 4. The SMILES string of the molecule is c1ccc(-c2cccc(-c3ccc(C(c4ccc(-c5cccc6ccccc56)cc4)c4cccc(-c5ccc6oc7ccccc7c6c5)c4)cc3)c2)cc1. The zero-order valence-electron chi connectivity index (χ0n) is 29.7. The van der Waals surface area contributed by atoms with Gasteiger partial charge in [0.15, 0.2) is 0 Å². The molecule has 9 aromatic carbocycles. The Morgan fingerprint density at radius 2 is 0.796 bits per heavy atom. The molecule has 1 aromatic heterocycles. The maximum absolute atomic E-state index is 6.16. The highest BCUT2D eigenvalue weighted by Gasteiger charge is 2.19. The first-order valence-corrected chi connectivity index (χ1v) is 18.6. The molecule has 0 aliphatic heterocycles. The van der Waals surface area contributed by atoms with E-state index < -0.39 is 0 Å². The van der Waals surface area contributed by atoms with E-state index in [9.17, 15) is 0 Å². The summed E-state index contributed by atoms with van der Waals surface area (Å²) in [6.07, 6.45) is 0. The average molecular weight is 689 g/mol. The Kier molecular flexibility index (Phi) is 7.96. The molecule has 1 nitrogen and oxygen atoms in total. The molecule has 0 spiro atoms. The molecular formula is C53H36O. The van der Waals surface area contributed by atoms with E-state index in [4.69, 9.17) is 4.42 Å². The summed E-state index contributed by atoms with van der Waals surface area (Å²) in [6, 6.07) is 76.9. The van der Waals surface area contributed by atoms with Gasteiger partial charge in [0, 0.05) is 16.7 Å². The molecule has 254 valence electrons. The van der Waals surface area contributed by atoms with E-state index in [0.29, 0.717) is 0 Å². The fourth-order valence-corrected chi connectivity index (χ4v) is 8.09. The first kappa shape index (κ1) is 31.7. The molecule has 54 heavy (non-hydrogen) atoms. The van der Waals surface area contributed by atoms with Gasteiger partial charge >= 0.3 is 0 Å². The van der Waals surface area contributed by atoms with Gasteiger partial charge in [-0.05, 0) is 96.2 Å². The zero-order valence-corrected chi connectivity index (χ0v) is 29.7. The predicted octanol–water partition coefficient (Wildman–Crippen LogP) is 14.6. The van der Waals surface area contributed by atoms with Crippen LogP contribution in [-0.2, 0) is 0 Å². The zero-order chi connectivity index (χ0) is 35.8. The molecule has 1 heteroatoms. The topological polar surface area (TPSA) is 13.1 Å². The van der Waals surface area contributed by atoms with Crippen molar-refractivity contribution in [2.45, 2.75) is 5.92 Å². The van der Waals surface area contributed by atoms with Crippen molar-refractivity contribution in [3.8, 4) is 44.5 Å². The van der Waals surface area contributed by atoms with Crippen molar-refractivity contribution in [1.29, 1.82) is 0 Å². The van der Waals surface area contributed by atoms with Crippen molar-refractivity contribution >= 4 is 32.7 Å². The third kappa shape index (κ3) is 5.87. The summed E-state index contributed by atoms with van der Waals surface area (Å²) < 4.78 is 6.16. The normalized spacial score (nSPS) is 12.0. The van der Waals surface area contributed by atoms with E-state index in [2.05, 4.69) is 200 Å². The standard InChI is InChI=1S/C53H36O/c1-2-11-36(12-3-1)42-15-8-16-43(33-42)37-23-27-40(28-24-37)53(41-29-25-39(26-30-41)48-21-10-14-38-13-4-5-19-47(38)48)46-18-9-17-44(34-46)45-31-32-52-50(35-45)49-20-6-7-22-51(49)54-52/h1-35,53H. The Morgan fingerprint density at radius 1 is 0.278 bits per heavy atom. The molecule has 0 amide bonds. The number of hydrogen-bond donors (Lipinski definition) is 0. The van der Waals surface area contributed by atoms with Crippen LogP contribution in [0.2, 0.25) is 0 Å². The van der Waals surface area contributed by atoms with Crippen LogP contribution in [0.25, 0.3) is 77.2 Å². The van der Waals surface area contributed by atoms with E-state index in [0.717, 1.165) is 21.9 Å². The first-order valence-electron chi connectivity index (χ1n) is 18.6. The molecule has 1 heterocycles. The Hall–Kier alpha value is -6.96. The molecule has 1 atom stereocenters. The Morgan fingerprint density at radius 3 is 1.57 bits per heavy atom. The number of para-hydroxylation sites is 1. The smallest absolute Gasteiger partial charge is 0.135 e.